The van der Waals surface area contributed by atoms with Crippen molar-refractivity contribution in [3.8, 4) is 11.5 Å². The number of para-hydroxylation sites is 3. The number of ether oxygens (including phenoxy) is 2. The van der Waals surface area contributed by atoms with E-state index in [0.717, 1.165) is 11.3 Å². The summed E-state index contributed by atoms with van der Waals surface area (Å²) < 4.78 is 11.2. The Morgan fingerprint density at radius 3 is 2.73 bits per heavy atom. The van der Waals surface area contributed by atoms with Crippen molar-refractivity contribution >= 4 is 17.5 Å². The van der Waals surface area contributed by atoms with E-state index < -0.39 is 6.10 Å². The molecule has 6 heteroatoms. The van der Waals surface area contributed by atoms with Gasteiger partial charge in [0.25, 0.3) is 5.91 Å². The first kappa shape index (κ1) is 16.4. The summed E-state index contributed by atoms with van der Waals surface area (Å²) in [5, 5.41) is 3.03. The number of amides is 2. The van der Waals surface area contributed by atoms with Crippen molar-refractivity contribution in [1.82, 2.24) is 5.32 Å². The van der Waals surface area contributed by atoms with Crippen molar-refractivity contribution in [3.63, 3.8) is 0 Å². The molecular weight excluding hydrogens is 332 g/mol. The average molecular weight is 352 g/mol. The summed E-state index contributed by atoms with van der Waals surface area (Å²) >= 11 is 0. The van der Waals surface area contributed by atoms with Crippen LogP contribution in [0.2, 0.25) is 0 Å². The highest BCUT2D eigenvalue weighted by molar-refractivity contribution is 6.03. The molecule has 4 rings (SSSR count). The number of fused-ring (bicyclic) bond motifs is 2. The summed E-state index contributed by atoms with van der Waals surface area (Å²) in [5.41, 5.74) is 1.59. The first-order chi connectivity index (χ1) is 12.6. The maximum Gasteiger partial charge on any atom is 0.268 e. The van der Waals surface area contributed by atoms with E-state index in [4.69, 9.17) is 9.47 Å². The number of hydrogen-bond acceptors (Lipinski definition) is 4. The lowest BCUT2D eigenvalue weighted by Crippen LogP contribution is -2.49. The summed E-state index contributed by atoms with van der Waals surface area (Å²) in [4.78, 5) is 26.7. The molecule has 2 aliphatic rings. The van der Waals surface area contributed by atoms with Gasteiger partial charge < -0.3 is 14.8 Å². The molecule has 0 saturated carbocycles. The van der Waals surface area contributed by atoms with Gasteiger partial charge >= 0.3 is 0 Å². The Morgan fingerprint density at radius 2 is 1.88 bits per heavy atom. The van der Waals surface area contributed by atoms with Crippen LogP contribution >= 0.6 is 0 Å². The van der Waals surface area contributed by atoms with Gasteiger partial charge in [-0.25, -0.2) is 0 Å². The van der Waals surface area contributed by atoms with Crippen LogP contribution < -0.4 is 19.7 Å². The monoisotopic (exact) mass is 352 g/mol. The van der Waals surface area contributed by atoms with E-state index in [1.165, 1.54) is 4.90 Å². The fourth-order valence-corrected chi connectivity index (χ4v) is 3.40. The van der Waals surface area contributed by atoms with Gasteiger partial charge in [-0.3, -0.25) is 14.5 Å². The van der Waals surface area contributed by atoms with Gasteiger partial charge in [0.05, 0.1) is 18.3 Å². The highest BCUT2D eigenvalue weighted by atomic mass is 16.5. The normalized spacial score (nSPS) is 21.1. The van der Waals surface area contributed by atoms with Crippen LogP contribution in [0.4, 0.5) is 5.69 Å². The van der Waals surface area contributed by atoms with Crippen LogP contribution in [0.15, 0.2) is 48.5 Å². The number of hydrogen-bond donors (Lipinski definition) is 1. The number of rotatable bonds is 3. The zero-order valence-corrected chi connectivity index (χ0v) is 14.5. The molecule has 0 aliphatic carbocycles. The van der Waals surface area contributed by atoms with Crippen molar-refractivity contribution in [1.29, 1.82) is 0 Å². The van der Waals surface area contributed by atoms with Gasteiger partial charge in [0.2, 0.25) is 5.91 Å². The van der Waals surface area contributed by atoms with E-state index in [-0.39, 0.29) is 24.4 Å². The molecule has 2 aliphatic heterocycles. The minimum Gasteiger partial charge on any atom is -0.493 e. The molecule has 2 atom stereocenters. The standard InChI is InChI=1S/C20H20N2O4/c1-13-20(24)22(16-7-3-5-9-18(16)26-13)12-19(23)21-15-10-11-25-17-8-4-2-6-14(15)17/h2-9,13,15H,10-12H2,1H3,(H,21,23). The van der Waals surface area contributed by atoms with Gasteiger partial charge in [0.15, 0.2) is 6.10 Å². The second-order valence-corrected chi connectivity index (χ2v) is 6.45. The lowest BCUT2D eigenvalue weighted by molar-refractivity contribution is -0.128. The molecule has 1 N–H and O–H groups in total. The molecule has 2 amide bonds. The fourth-order valence-electron chi connectivity index (χ4n) is 3.40. The Bertz CT molecular complexity index is 851. The first-order valence-electron chi connectivity index (χ1n) is 8.71. The quantitative estimate of drug-likeness (QED) is 0.921. The van der Waals surface area contributed by atoms with Crippen molar-refractivity contribution in [2.45, 2.75) is 25.5 Å². The molecule has 134 valence electrons. The van der Waals surface area contributed by atoms with Crippen molar-refractivity contribution in [2.75, 3.05) is 18.1 Å². The number of benzene rings is 2. The predicted octanol–water partition coefficient (Wildman–Crippen LogP) is 2.44. The molecule has 26 heavy (non-hydrogen) atoms. The minimum atomic E-state index is -0.610. The topological polar surface area (TPSA) is 67.9 Å². The van der Waals surface area contributed by atoms with Gasteiger partial charge in [-0.15, -0.1) is 0 Å². The molecule has 0 aromatic heterocycles. The number of carbonyl (C=O) groups is 2. The molecule has 0 saturated heterocycles. The van der Waals surface area contributed by atoms with E-state index in [2.05, 4.69) is 5.32 Å². The van der Waals surface area contributed by atoms with Gasteiger partial charge in [-0.05, 0) is 25.1 Å². The van der Waals surface area contributed by atoms with Crippen LogP contribution in [0.5, 0.6) is 11.5 Å². The van der Waals surface area contributed by atoms with E-state index >= 15 is 0 Å². The third-order valence-corrected chi connectivity index (χ3v) is 4.67. The zero-order chi connectivity index (χ0) is 18.1. The summed E-state index contributed by atoms with van der Waals surface area (Å²) in [7, 11) is 0. The number of anilines is 1. The van der Waals surface area contributed by atoms with Crippen LogP contribution in [0, 0.1) is 0 Å². The molecule has 6 nitrogen and oxygen atoms in total. The van der Waals surface area contributed by atoms with Crippen LogP contribution in [-0.4, -0.2) is 31.1 Å². The minimum absolute atomic E-state index is 0.0386. The smallest absolute Gasteiger partial charge is 0.268 e. The van der Waals surface area contributed by atoms with Crippen molar-refractivity contribution < 1.29 is 19.1 Å². The molecule has 2 aromatic rings. The summed E-state index contributed by atoms with van der Waals surface area (Å²) in [6.45, 7) is 2.21. The Balaban J connectivity index is 1.51. The van der Waals surface area contributed by atoms with Crippen LogP contribution in [0.3, 0.4) is 0 Å². The largest absolute Gasteiger partial charge is 0.493 e. The molecule has 0 radical (unpaired) electrons. The Morgan fingerprint density at radius 1 is 1.15 bits per heavy atom. The molecule has 0 fully saturated rings. The Labute approximate surface area is 151 Å². The maximum absolute atomic E-state index is 12.7. The Hall–Kier alpha value is -3.02. The van der Waals surface area contributed by atoms with Crippen LogP contribution in [0.1, 0.15) is 24.9 Å². The second kappa shape index (κ2) is 6.71. The number of nitrogens with one attached hydrogen (secondary N) is 1. The van der Waals surface area contributed by atoms with E-state index in [0.29, 0.717) is 24.5 Å². The summed E-state index contributed by atoms with van der Waals surface area (Å²) in [5.74, 6) is 0.990. The summed E-state index contributed by atoms with van der Waals surface area (Å²) in [6.07, 6.45) is 0.0915. The SMILES string of the molecule is CC1Oc2ccccc2N(CC(=O)NC2CCOc3ccccc32)C1=O. The van der Waals surface area contributed by atoms with Crippen molar-refractivity contribution in [2.24, 2.45) is 0 Å². The third-order valence-electron chi connectivity index (χ3n) is 4.67. The third kappa shape index (κ3) is 2.98. The number of nitrogens with zero attached hydrogens (tertiary/aromatic N) is 1. The summed E-state index contributed by atoms with van der Waals surface area (Å²) in [6, 6.07) is 14.8. The first-order valence-corrected chi connectivity index (χ1v) is 8.71. The average Bonchev–Trinajstić information content (AvgIpc) is 2.66. The second-order valence-electron chi connectivity index (χ2n) is 6.45. The van der Waals surface area contributed by atoms with Crippen LogP contribution in [0.25, 0.3) is 0 Å². The molecule has 0 bridgehead atoms. The predicted molar refractivity (Wildman–Crippen MR) is 96.3 cm³/mol. The zero-order valence-electron chi connectivity index (χ0n) is 14.5. The van der Waals surface area contributed by atoms with Crippen LogP contribution in [-0.2, 0) is 9.59 Å². The van der Waals surface area contributed by atoms with Gasteiger partial charge in [0.1, 0.15) is 18.0 Å². The van der Waals surface area contributed by atoms with E-state index in [9.17, 15) is 9.59 Å². The molecule has 2 unspecified atom stereocenters. The highest BCUT2D eigenvalue weighted by Crippen LogP contribution is 2.34. The molecule has 2 aromatic carbocycles. The number of carbonyl (C=O) groups excluding carboxylic acids is 2. The molecule has 2 heterocycles. The molecule has 0 spiro atoms. The fraction of sp³-hybridized carbons (Fsp3) is 0.300. The maximum atomic E-state index is 12.7. The van der Waals surface area contributed by atoms with Gasteiger partial charge in [0, 0.05) is 12.0 Å². The van der Waals surface area contributed by atoms with Gasteiger partial charge in [-0.2, -0.15) is 0 Å². The van der Waals surface area contributed by atoms with E-state index in [1.807, 2.05) is 36.4 Å². The van der Waals surface area contributed by atoms with Crippen molar-refractivity contribution in [3.05, 3.63) is 54.1 Å². The lowest BCUT2D eigenvalue weighted by atomic mass is 10.0. The van der Waals surface area contributed by atoms with Gasteiger partial charge in [-0.1, -0.05) is 30.3 Å². The molecular formula is C20H20N2O4. The highest BCUT2D eigenvalue weighted by Gasteiger charge is 2.33. The lowest BCUT2D eigenvalue weighted by Gasteiger charge is -2.33. The van der Waals surface area contributed by atoms with E-state index in [1.54, 1.807) is 19.1 Å². The Kier molecular flexibility index (Phi) is 4.24.